The Hall–Kier alpha value is -1.24. The lowest BCUT2D eigenvalue weighted by Gasteiger charge is -2.25. The monoisotopic (exact) mass is 275 g/mol. The van der Waals surface area contributed by atoms with Crippen molar-refractivity contribution in [3.05, 3.63) is 0 Å². The van der Waals surface area contributed by atoms with Gasteiger partial charge >= 0.3 is 0 Å². The van der Waals surface area contributed by atoms with Crippen LogP contribution >= 0.6 is 12.6 Å². The van der Waals surface area contributed by atoms with Crippen molar-refractivity contribution in [2.45, 2.75) is 26.8 Å². The summed E-state index contributed by atoms with van der Waals surface area (Å²) in [6.07, 6.45) is 0. The number of carbonyl (C=O) groups excluding carboxylic acids is 3. The molecule has 6 nitrogen and oxygen atoms in total. The number of amides is 3. The van der Waals surface area contributed by atoms with E-state index in [1.165, 1.54) is 11.8 Å². The molecule has 0 aliphatic heterocycles. The summed E-state index contributed by atoms with van der Waals surface area (Å²) in [5.41, 5.74) is 0. The Balaban J connectivity index is 4.56. The number of nitrogens with one attached hydrogen (secondary N) is 2. The molecule has 3 amide bonds. The van der Waals surface area contributed by atoms with Crippen LogP contribution in [-0.2, 0) is 14.4 Å². The minimum absolute atomic E-state index is 0.00691. The van der Waals surface area contributed by atoms with E-state index in [4.69, 9.17) is 0 Å². The molecule has 0 heterocycles. The molecule has 0 aromatic heterocycles. The molecule has 0 bridgehead atoms. The molecule has 0 spiro atoms. The highest BCUT2D eigenvalue weighted by Gasteiger charge is 2.24. The van der Waals surface area contributed by atoms with Crippen molar-refractivity contribution in [3.8, 4) is 0 Å². The molecule has 1 unspecified atom stereocenters. The standard InChI is InChI=1S/C11H21N3O3S/c1-4-12-10(16)6-14(5-2)11(17)9(7-18)13-8(3)15/h9,18H,4-7H2,1-3H3,(H,12,16)(H,13,15). The van der Waals surface area contributed by atoms with Crippen LogP contribution in [-0.4, -0.2) is 54.1 Å². The molecule has 0 aromatic rings. The lowest BCUT2D eigenvalue weighted by Crippen LogP contribution is -2.51. The van der Waals surface area contributed by atoms with Gasteiger partial charge in [0.15, 0.2) is 0 Å². The molecule has 0 saturated heterocycles. The van der Waals surface area contributed by atoms with Gasteiger partial charge in [0, 0.05) is 25.8 Å². The normalized spacial score (nSPS) is 11.6. The Morgan fingerprint density at radius 1 is 1.28 bits per heavy atom. The molecule has 104 valence electrons. The van der Waals surface area contributed by atoms with Crippen LogP contribution in [0.2, 0.25) is 0 Å². The summed E-state index contributed by atoms with van der Waals surface area (Å²) in [4.78, 5) is 35.9. The summed E-state index contributed by atoms with van der Waals surface area (Å²) in [5.74, 6) is -0.608. The first kappa shape index (κ1) is 16.8. The molecule has 18 heavy (non-hydrogen) atoms. The Bertz CT molecular complexity index is 310. The summed E-state index contributed by atoms with van der Waals surface area (Å²) in [6.45, 7) is 5.84. The molecule has 0 aliphatic rings. The maximum Gasteiger partial charge on any atom is 0.246 e. The summed E-state index contributed by atoms with van der Waals surface area (Å²) in [5, 5.41) is 5.13. The van der Waals surface area contributed by atoms with E-state index in [0.717, 1.165) is 0 Å². The van der Waals surface area contributed by atoms with Crippen LogP contribution < -0.4 is 10.6 Å². The van der Waals surface area contributed by atoms with E-state index in [-0.39, 0.29) is 30.0 Å². The number of carbonyl (C=O) groups is 3. The fourth-order valence-electron chi connectivity index (χ4n) is 1.42. The van der Waals surface area contributed by atoms with Gasteiger partial charge in [0.25, 0.3) is 0 Å². The van der Waals surface area contributed by atoms with E-state index in [9.17, 15) is 14.4 Å². The van der Waals surface area contributed by atoms with Gasteiger partial charge in [0.2, 0.25) is 17.7 Å². The first-order valence-electron chi connectivity index (χ1n) is 5.89. The summed E-state index contributed by atoms with van der Waals surface area (Å²) < 4.78 is 0. The van der Waals surface area contributed by atoms with Crippen LogP contribution in [0.15, 0.2) is 0 Å². The molecule has 0 fully saturated rings. The van der Waals surface area contributed by atoms with Gasteiger partial charge in [-0.15, -0.1) is 0 Å². The topological polar surface area (TPSA) is 78.5 Å². The molecule has 0 aromatic carbocycles. The zero-order chi connectivity index (χ0) is 14.1. The summed E-state index contributed by atoms with van der Waals surface area (Å²) in [6, 6.07) is -0.694. The third-order valence-corrected chi connectivity index (χ3v) is 2.63. The Kier molecular flexibility index (Phi) is 8.19. The second-order valence-electron chi connectivity index (χ2n) is 3.74. The number of nitrogens with zero attached hydrogens (tertiary/aromatic N) is 1. The molecule has 0 rings (SSSR count). The van der Waals surface area contributed by atoms with Crippen molar-refractivity contribution < 1.29 is 14.4 Å². The average molecular weight is 275 g/mol. The predicted octanol–water partition coefficient (Wildman–Crippen LogP) is -0.594. The SMILES string of the molecule is CCNC(=O)CN(CC)C(=O)C(CS)NC(C)=O. The average Bonchev–Trinajstić information content (AvgIpc) is 2.32. The maximum atomic E-state index is 12.1. The third-order valence-electron chi connectivity index (χ3n) is 2.26. The maximum absolute atomic E-state index is 12.1. The zero-order valence-electron chi connectivity index (χ0n) is 11.0. The number of hydrogen-bond donors (Lipinski definition) is 3. The minimum Gasteiger partial charge on any atom is -0.355 e. The highest BCUT2D eigenvalue weighted by atomic mass is 32.1. The van der Waals surface area contributed by atoms with E-state index in [2.05, 4.69) is 23.3 Å². The van der Waals surface area contributed by atoms with Crippen molar-refractivity contribution in [1.82, 2.24) is 15.5 Å². The van der Waals surface area contributed by atoms with Gasteiger partial charge in [-0.1, -0.05) is 0 Å². The summed E-state index contributed by atoms with van der Waals surface area (Å²) >= 11 is 4.03. The first-order valence-corrected chi connectivity index (χ1v) is 6.52. The van der Waals surface area contributed by atoms with Crippen LogP contribution in [0, 0.1) is 0 Å². The van der Waals surface area contributed by atoms with Crippen LogP contribution in [0.4, 0.5) is 0 Å². The van der Waals surface area contributed by atoms with Gasteiger partial charge in [0.05, 0.1) is 6.54 Å². The molecular formula is C11H21N3O3S. The molecular weight excluding hydrogens is 254 g/mol. The number of likely N-dealkylation sites (N-methyl/N-ethyl adjacent to an activating group) is 2. The van der Waals surface area contributed by atoms with E-state index < -0.39 is 6.04 Å². The van der Waals surface area contributed by atoms with Gasteiger partial charge in [0.1, 0.15) is 6.04 Å². The molecule has 1 atom stereocenters. The minimum atomic E-state index is -0.694. The van der Waals surface area contributed by atoms with Gasteiger partial charge in [-0.05, 0) is 13.8 Å². The van der Waals surface area contributed by atoms with Gasteiger partial charge < -0.3 is 15.5 Å². The van der Waals surface area contributed by atoms with E-state index in [0.29, 0.717) is 13.1 Å². The fourth-order valence-corrected chi connectivity index (χ4v) is 1.67. The second kappa shape index (κ2) is 8.79. The lowest BCUT2D eigenvalue weighted by molar-refractivity contribution is -0.138. The van der Waals surface area contributed by atoms with E-state index >= 15 is 0 Å². The number of hydrogen-bond acceptors (Lipinski definition) is 4. The first-order chi connectivity index (χ1) is 8.46. The zero-order valence-corrected chi connectivity index (χ0v) is 11.9. The van der Waals surface area contributed by atoms with Crippen LogP contribution in [0.5, 0.6) is 0 Å². The highest BCUT2D eigenvalue weighted by molar-refractivity contribution is 7.80. The molecule has 2 N–H and O–H groups in total. The Morgan fingerprint density at radius 2 is 1.89 bits per heavy atom. The molecule has 0 radical (unpaired) electrons. The van der Waals surface area contributed by atoms with Crippen molar-refractivity contribution in [2.75, 3.05) is 25.4 Å². The Morgan fingerprint density at radius 3 is 2.28 bits per heavy atom. The van der Waals surface area contributed by atoms with Gasteiger partial charge in [-0.25, -0.2) is 0 Å². The Labute approximate surface area is 113 Å². The van der Waals surface area contributed by atoms with Crippen molar-refractivity contribution in [3.63, 3.8) is 0 Å². The highest BCUT2D eigenvalue weighted by Crippen LogP contribution is 1.98. The van der Waals surface area contributed by atoms with E-state index in [1.807, 2.05) is 6.92 Å². The quantitative estimate of drug-likeness (QED) is 0.543. The number of rotatable bonds is 7. The summed E-state index contributed by atoms with van der Waals surface area (Å²) in [7, 11) is 0. The smallest absolute Gasteiger partial charge is 0.246 e. The fraction of sp³-hybridized carbons (Fsp3) is 0.727. The van der Waals surface area contributed by atoms with Crippen molar-refractivity contribution in [2.24, 2.45) is 0 Å². The van der Waals surface area contributed by atoms with Crippen LogP contribution in [0.25, 0.3) is 0 Å². The van der Waals surface area contributed by atoms with Crippen molar-refractivity contribution >= 4 is 30.4 Å². The molecule has 7 heteroatoms. The van der Waals surface area contributed by atoms with Crippen LogP contribution in [0.1, 0.15) is 20.8 Å². The van der Waals surface area contributed by atoms with Crippen LogP contribution in [0.3, 0.4) is 0 Å². The predicted molar refractivity (Wildman–Crippen MR) is 72.4 cm³/mol. The largest absolute Gasteiger partial charge is 0.355 e. The third kappa shape index (κ3) is 5.90. The number of thiol groups is 1. The van der Waals surface area contributed by atoms with Crippen molar-refractivity contribution in [1.29, 1.82) is 0 Å². The molecule has 0 saturated carbocycles. The second-order valence-corrected chi connectivity index (χ2v) is 4.11. The van der Waals surface area contributed by atoms with E-state index in [1.54, 1.807) is 6.92 Å². The lowest BCUT2D eigenvalue weighted by atomic mass is 10.2. The van der Waals surface area contributed by atoms with Gasteiger partial charge in [-0.2, -0.15) is 12.6 Å². The van der Waals surface area contributed by atoms with Gasteiger partial charge in [-0.3, -0.25) is 14.4 Å². The molecule has 0 aliphatic carbocycles.